The number of benzene rings is 2. The second kappa shape index (κ2) is 7.10. The Morgan fingerprint density at radius 1 is 1.00 bits per heavy atom. The van der Waals surface area contributed by atoms with Gasteiger partial charge < -0.3 is 10.1 Å². The number of thiophene rings is 1. The third kappa shape index (κ3) is 3.36. The number of carbonyl (C=O) groups excluding carboxylic acids is 2. The van der Waals surface area contributed by atoms with Crippen molar-refractivity contribution >= 4 is 28.9 Å². The Balaban J connectivity index is 1.84. The molecule has 2 aromatic carbocycles. The maximum atomic E-state index is 12.6. The van der Waals surface area contributed by atoms with Gasteiger partial charge in [0.2, 0.25) is 0 Å². The molecule has 0 aliphatic rings. The predicted molar refractivity (Wildman–Crippen MR) is 95.5 cm³/mol. The average Bonchev–Trinajstić information content (AvgIpc) is 3.12. The van der Waals surface area contributed by atoms with Gasteiger partial charge in [-0.1, -0.05) is 36.4 Å². The lowest BCUT2D eigenvalue weighted by molar-refractivity contribution is 0.0600. The Hall–Kier alpha value is -2.92. The fourth-order valence-electron chi connectivity index (χ4n) is 2.36. The number of rotatable bonds is 4. The molecule has 4 nitrogen and oxygen atoms in total. The molecule has 0 fully saturated rings. The Morgan fingerprint density at radius 2 is 1.79 bits per heavy atom. The number of hydrogen-bond donors (Lipinski definition) is 1. The van der Waals surface area contributed by atoms with Crippen LogP contribution in [0.15, 0.2) is 66.0 Å². The van der Waals surface area contributed by atoms with Crippen LogP contribution in [0.5, 0.6) is 0 Å². The molecule has 24 heavy (non-hydrogen) atoms. The minimum atomic E-state index is -0.438. The molecule has 0 saturated carbocycles. The smallest absolute Gasteiger partial charge is 0.337 e. The first-order chi connectivity index (χ1) is 11.7. The molecular formula is C19H15NO3S. The largest absolute Gasteiger partial charge is 0.465 e. The van der Waals surface area contributed by atoms with E-state index in [0.29, 0.717) is 16.1 Å². The van der Waals surface area contributed by atoms with E-state index < -0.39 is 5.97 Å². The molecule has 1 aromatic heterocycles. The molecule has 1 N–H and O–H groups in total. The monoisotopic (exact) mass is 337 g/mol. The summed E-state index contributed by atoms with van der Waals surface area (Å²) in [5, 5.41) is 4.73. The number of amides is 1. The van der Waals surface area contributed by atoms with E-state index in [2.05, 4.69) is 5.32 Å². The van der Waals surface area contributed by atoms with E-state index in [1.807, 2.05) is 41.8 Å². The Labute approximate surface area is 143 Å². The van der Waals surface area contributed by atoms with E-state index in [0.717, 1.165) is 11.1 Å². The van der Waals surface area contributed by atoms with Crippen molar-refractivity contribution in [1.82, 2.24) is 0 Å². The van der Waals surface area contributed by atoms with Crippen molar-refractivity contribution in [1.29, 1.82) is 0 Å². The van der Waals surface area contributed by atoms with Crippen LogP contribution in [0.3, 0.4) is 0 Å². The summed E-state index contributed by atoms with van der Waals surface area (Å²) in [7, 11) is 1.32. The molecule has 3 aromatic rings. The molecule has 0 atom stereocenters. The minimum absolute atomic E-state index is 0.203. The quantitative estimate of drug-likeness (QED) is 0.715. The molecule has 1 amide bonds. The first kappa shape index (κ1) is 16.0. The van der Waals surface area contributed by atoms with Crippen molar-refractivity contribution in [3.05, 3.63) is 76.5 Å². The van der Waals surface area contributed by atoms with Crippen LogP contribution in [0.25, 0.3) is 11.1 Å². The van der Waals surface area contributed by atoms with E-state index in [1.165, 1.54) is 18.4 Å². The van der Waals surface area contributed by atoms with Gasteiger partial charge in [0, 0.05) is 11.3 Å². The summed E-state index contributed by atoms with van der Waals surface area (Å²) in [5.41, 5.74) is 2.83. The van der Waals surface area contributed by atoms with Gasteiger partial charge in [0.1, 0.15) is 0 Å². The van der Waals surface area contributed by atoms with Gasteiger partial charge in [-0.15, -0.1) is 11.3 Å². The van der Waals surface area contributed by atoms with Crippen LogP contribution in [0, 0.1) is 0 Å². The van der Waals surface area contributed by atoms with Gasteiger partial charge in [-0.2, -0.15) is 0 Å². The summed E-state index contributed by atoms with van der Waals surface area (Å²) in [6.45, 7) is 0. The third-order valence-corrected chi connectivity index (χ3v) is 4.41. The number of anilines is 1. The second-order valence-corrected chi connectivity index (χ2v) is 5.97. The SMILES string of the molecule is COC(=O)c1cccc(NC(=O)c2sccc2-c2ccccc2)c1. The van der Waals surface area contributed by atoms with Gasteiger partial charge in [-0.25, -0.2) is 4.79 Å². The van der Waals surface area contributed by atoms with Gasteiger partial charge in [-0.05, 0) is 35.2 Å². The zero-order chi connectivity index (χ0) is 16.9. The third-order valence-electron chi connectivity index (χ3n) is 3.50. The van der Waals surface area contributed by atoms with Crippen molar-refractivity contribution in [3.63, 3.8) is 0 Å². The highest BCUT2D eigenvalue weighted by atomic mass is 32.1. The van der Waals surface area contributed by atoms with Crippen molar-refractivity contribution in [2.24, 2.45) is 0 Å². The van der Waals surface area contributed by atoms with Crippen molar-refractivity contribution < 1.29 is 14.3 Å². The molecule has 0 bridgehead atoms. The summed E-state index contributed by atoms with van der Waals surface area (Å²) < 4.78 is 4.70. The molecule has 0 saturated heterocycles. The lowest BCUT2D eigenvalue weighted by atomic mass is 10.1. The molecule has 0 aliphatic heterocycles. The number of nitrogens with one attached hydrogen (secondary N) is 1. The van der Waals surface area contributed by atoms with Crippen LogP contribution >= 0.6 is 11.3 Å². The van der Waals surface area contributed by atoms with Crippen molar-refractivity contribution in [2.45, 2.75) is 0 Å². The average molecular weight is 337 g/mol. The topological polar surface area (TPSA) is 55.4 Å². The highest BCUT2D eigenvalue weighted by Gasteiger charge is 2.15. The van der Waals surface area contributed by atoms with Crippen LogP contribution in [-0.4, -0.2) is 19.0 Å². The van der Waals surface area contributed by atoms with Crippen LogP contribution in [0.4, 0.5) is 5.69 Å². The summed E-state index contributed by atoms with van der Waals surface area (Å²) in [4.78, 5) is 24.8. The van der Waals surface area contributed by atoms with Gasteiger partial charge in [-0.3, -0.25) is 4.79 Å². The van der Waals surface area contributed by atoms with Crippen LogP contribution in [-0.2, 0) is 4.74 Å². The zero-order valence-corrected chi connectivity index (χ0v) is 13.8. The maximum absolute atomic E-state index is 12.6. The first-order valence-electron chi connectivity index (χ1n) is 7.31. The van der Waals surface area contributed by atoms with E-state index in [1.54, 1.807) is 24.3 Å². The zero-order valence-electron chi connectivity index (χ0n) is 13.0. The van der Waals surface area contributed by atoms with Crippen molar-refractivity contribution in [3.8, 4) is 11.1 Å². The highest BCUT2D eigenvalue weighted by molar-refractivity contribution is 7.12. The number of carbonyl (C=O) groups is 2. The second-order valence-electron chi connectivity index (χ2n) is 5.06. The van der Waals surface area contributed by atoms with Gasteiger partial charge in [0.05, 0.1) is 17.6 Å². The predicted octanol–water partition coefficient (Wildman–Crippen LogP) is 4.45. The molecule has 0 radical (unpaired) electrons. The van der Waals surface area contributed by atoms with Crippen molar-refractivity contribution in [2.75, 3.05) is 12.4 Å². The Morgan fingerprint density at radius 3 is 2.54 bits per heavy atom. The van der Waals surface area contributed by atoms with E-state index in [9.17, 15) is 9.59 Å². The van der Waals surface area contributed by atoms with E-state index in [-0.39, 0.29) is 5.91 Å². The molecular weight excluding hydrogens is 322 g/mol. The molecule has 0 unspecified atom stereocenters. The summed E-state index contributed by atoms with van der Waals surface area (Å²) in [6.07, 6.45) is 0. The molecule has 5 heteroatoms. The van der Waals surface area contributed by atoms with Crippen LogP contribution < -0.4 is 5.32 Å². The number of esters is 1. The highest BCUT2D eigenvalue weighted by Crippen LogP contribution is 2.29. The van der Waals surface area contributed by atoms with E-state index in [4.69, 9.17) is 4.74 Å². The molecule has 120 valence electrons. The van der Waals surface area contributed by atoms with Gasteiger partial charge in [0.15, 0.2) is 0 Å². The van der Waals surface area contributed by atoms with E-state index >= 15 is 0 Å². The van der Waals surface area contributed by atoms with Crippen LogP contribution in [0.1, 0.15) is 20.0 Å². The first-order valence-corrected chi connectivity index (χ1v) is 8.19. The minimum Gasteiger partial charge on any atom is -0.465 e. The van der Waals surface area contributed by atoms with Gasteiger partial charge >= 0.3 is 5.97 Å². The summed E-state index contributed by atoms with van der Waals surface area (Å²) >= 11 is 1.38. The Kier molecular flexibility index (Phi) is 4.72. The number of methoxy groups -OCH3 is 1. The normalized spacial score (nSPS) is 10.2. The molecule has 0 spiro atoms. The maximum Gasteiger partial charge on any atom is 0.337 e. The number of ether oxygens (including phenoxy) is 1. The lowest BCUT2D eigenvalue weighted by Crippen LogP contribution is -2.12. The molecule has 3 rings (SSSR count). The molecule has 0 aliphatic carbocycles. The fourth-order valence-corrected chi connectivity index (χ4v) is 3.17. The Bertz CT molecular complexity index is 871. The lowest BCUT2D eigenvalue weighted by Gasteiger charge is -2.08. The molecule has 1 heterocycles. The number of hydrogen-bond acceptors (Lipinski definition) is 4. The van der Waals surface area contributed by atoms with Gasteiger partial charge in [0.25, 0.3) is 5.91 Å². The van der Waals surface area contributed by atoms with Crippen LogP contribution in [0.2, 0.25) is 0 Å². The fraction of sp³-hybridized carbons (Fsp3) is 0.0526. The standard InChI is InChI=1S/C19H15NO3S/c1-23-19(22)14-8-5-9-15(12-14)20-18(21)17-16(10-11-24-17)13-6-3-2-4-7-13/h2-12H,1H3,(H,20,21). The summed E-state index contributed by atoms with van der Waals surface area (Å²) in [6, 6.07) is 18.4. The summed E-state index contributed by atoms with van der Waals surface area (Å²) in [5.74, 6) is -0.641.